The molecular formula is C13H21N3O2S. The topological polar surface area (TPSA) is 63.2 Å². The van der Waals surface area contributed by atoms with Gasteiger partial charge in [-0.3, -0.25) is 4.79 Å². The fourth-order valence-electron chi connectivity index (χ4n) is 2.01. The van der Waals surface area contributed by atoms with Gasteiger partial charge in [0.2, 0.25) is 5.91 Å². The van der Waals surface area contributed by atoms with Crippen molar-refractivity contribution in [3.63, 3.8) is 0 Å². The Balaban J connectivity index is 1.56. The molecule has 2 rings (SSSR count). The number of rotatable bonds is 6. The lowest BCUT2D eigenvalue weighted by Crippen LogP contribution is -2.41. The smallest absolute Gasteiger partial charge is 0.222 e. The molecule has 1 amide bonds. The normalized spacial score (nSPS) is 19.3. The van der Waals surface area contributed by atoms with Crippen molar-refractivity contribution in [3.8, 4) is 0 Å². The van der Waals surface area contributed by atoms with Gasteiger partial charge in [0.05, 0.1) is 24.1 Å². The molecule has 1 saturated heterocycles. The minimum absolute atomic E-state index is 0.0235. The molecule has 0 spiro atoms. The number of carbonyl (C=O) groups is 1. The van der Waals surface area contributed by atoms with Crippen LogP contribution in [0.1, 0.15) is 23.5 Å². The molecule has 19 heavy (non-hydrogen) atoms. The third kappa shape index (κ3) is 5.26. The van der Waals surface area contributed by atoms with Crippen LogP contribution in [0.5, 0.6) is 0 Å². The average Bonchev–Trinajstić information content (AvgIpc) is 2.82. The van der Waals surface area contributed by atoms with Crippen LogP contribution in [0, 0.1) is 6.92 Å². The molecule has 1 aromatic rings. The highest BCUT2D eigenvalue weighted by molar-refractivity contribution is 7.09. The number of aryl methyl sites for hydroxylation is 2. The molecule has 2 heterocycles. The number of hydrogen-bond acceptors (Lipinski definition) is 5. The summed E-state index contributed by atoms with van der Waals surface area (Å²) in [5.41, 5.74) is 1.07. The number of hydrogen-bond donors (Lipinski definition) is 2. The molecule has 0 aliphatic carbocycles. The molecule has 6 heteroatoms. The fraction of sp³-hybridized carbons (Fsp3) is 0.692. The van der Waals surface area contributed by atoms with Crippen LogP contribution in [0.3, 0.4) is 0 Å². The highest BCUT2D eigenvalue weighted by Crippen LogP contribution is 2.10. The monoisotopic (exact) mass is 283 g/mol. The van der Waals surface area contributed by atoms with Crippen LogP contribution in [0.15, 0.2) is 5.38 Å². The van der Waals surface area contributed by atoms with E-state index < -0.39 is 0 Å². The molecule has 0 radical (unpaired) electrons. The van der Waals surface area contributed by atoms with Crippen molar-refractivity contribution in [2.24, 2.45) is 0 Å². The van der Waals surface area contributed by atoms with Gasteiger partial charge in [-0.2, -0.15) is 0 Å². The molecule has 1 atom stereocenters. The van der Waals surface area contributed by atoms with E-state index in [-0.39, 0.29) is 12.0 Å². The zero-order chi connectivity index (χ0) is 13.5. The van der Waals surface area contributed by atoms with Gasteiger partial charge in [0, 0.05) is 37.1 Å². The van der Waals surface area contributed by atoms with Gasteiger partial charge in [-0.15, -0.1) is 11.3 Å². The summed E-state index contributed by atoms with van der Waals surface area (Å²) in [6.45, 7) is 5.05. The van der Waals surface area contributed by atoms with Gasteiger partial charge in [-0.05, 0) is 13.3 Å². The summed E-state index contributed by atoms with van der Waals surface area (Å²) in [4.78, 5) is 16.1. The lowest BCUT2D eigenvalue weighted by Gasteiger charge is -2.23. The zero-order valence-electron chi connectivity index (χ0n) is 11.3. The lowest BCUT2D eigenvalue weighted by molar-refractivity contribution is -0.124. The Hall–Kier alpha value is -0.980. The van der Waals surface area contributed by atoms with Crippen molar-refractivity contribution in [1.82, 2.24) is 15.6 Å². The molecule has 106 valence electrons. The first-order valence-corrected chi connectivity index (χ1v) is 7.62. The Morgan fingerprint density at radius 3 is 3.26 bits per heavy atom. The van der Waals surface area contributed by atoms with E-state index in [1.54, 1.807) is 11.3 Å². The molecule has 0 aromatic carbocycles. The SMILES string of the molecule is Cc1csc(CCCNC(=O)C[C@@H]2CNCCO2)n1. The quantitative estimate of drug-likeness (QED) is 0.761. The number of nitrogens with one attached hydrogen (secondary N) is 2. The van der Waals surface area contributed by atoms with E-state index in [1.165, 1.54) is 0 Å². The highest BCUT2D eigenvalue weighted by Gasteiger charge is 2.16. The van der Waals surface area contributed by atoms with Gasteiger partial charge in [0.25, 0.3) is 0 Å². The molecule has 5 nitrogen and oxygen atoms in total. The van der Waals surface area contributed by atoms with Crippen molar-refractivity contribution >= 4 is 17.2 Å². The van der Waals surface area contributed by atoms with Crippen molar-refractivity contribution in [2.45, 2.75) is 32.3 Å². The first-order valence-electron chi connectivity index (χ1n) is 6.74. The van der Waals surface area contributed by atoms with Gasteiger partial charge in [-0.25, -0.2) is 4.98 Å². The van der Waals surface area contributed by atoms with Crippen molar-refractivity contribution in [3.05, 3.63) is 16.1 Å². The van der Waals surface area contributed by atoms with E-state index in [2.05, 4.69) is 21.0 Å². The maximum absolute atomic E-state index is 11.7. The molecule has 2 N–H and O–H groups in total. The number of ether oxygens (including phenoxy) is 1. The molecule has 1 fully saturated rings. The molecular weight excluding hydrogens is 262 g/mol. The zero-order valence-corrected chi connectivity index (χ0v) is 12.1. The molecule has 0 bridgehead atoms. The first kappa shape index (κ1) is 14.4. The van der Waals surface area contributed by atoms with Gasteiger partial charge in [-0.1, -0.05) is 0 Å². The summed E-state index contributed by atoms with van der Waals surface area (Å²) in [5.74, 6) is 0.0732. The Labute approximate surface area is 117 Å². The van der Waals surface area contributed by atoms with Crippen LogP contribution in [0.25, 0.3) is 0 Å². The Morgan fingerprint density at radius 1 is 1.68 bits per heavy atom. The number of aromatic nitrogens is 1. The van der Waals surface area contributed by atoms with Crippen LogP contribution in [0.4, 0.5) is 0 Å². The Bertz CT molecular complexity index is 402. The second kappa shape index (κ2) is 7.57. The van der Waals surface area contributed by atoms with Gasteiger partial charge in [0.15, 0.2) is 0 Å². The first-order chi connectivity index (χ1) is 9.24. The third-order valence-corrected chi connectivity index (χ3v) is 4.00. The summed E-state index contributed by atoms with van der Waals surface area (Å²) < 4.78 is 5.50. The van der Waals surface area contributed by atoms with Crippen LogP contribution < -0.4 is 10.6 Å². The molecule has 1 aliphatic heterocycles. The standard InChI is InChI=1S/C13H21N3O2S/c1-10-9-19-13(16-10)3-2-4-15-12(17)7-11-8-14-5-6-18-11/h9,11,14H,2-8H2,1H3,(H,15,17)/t11-/m1/s1. The average molecular weight is 283 g/mol. The van der Waals surface area contributed by atoms with Gasteiger partial charge < -0.3 is 15.4 Å². The minimum Gasteiger partial charge on any atom is -0.375 e. The van der Waals surface area contributed by atoms with Crippen LogP contribution in [-0.2, 0) is 16.0 Å². The summed E-state index contributed by atoms with van der Waals surface area (Å²) in [5, 5.41) is 9.36. The van der Waals surface area contributed by atoms with Gasteiger partial charge in [0.1, 0.15) is 0 Å². The van der Waals surface area contributed by atoms with Gasteiger partial charge >= 0.3 is 0 Å². The predicted octanol–water partition coefficient (Wildman–Crippen LogP) is 0.879. The number of amides is 1. The van der Waals surface area contributed by atoms with Crippen molar-refractivity contribution < 1.29 is 9.53 Å². The molecule has 1 aliphatic rings. The minimum atomic E-state index is 0.0235. The second-order valence-corrected chi connectivity index (χ2v) is 5.68. The summed E-state index contributed by atoms with van der Waals surface area (Å²) in [7, 11) is 0. The third-order valence-electron chi connectivity index (χ3n) is 2.97. The fourth-order valence-corrected chi connectivity index (χ4v) is 2.83. The number of carbonyl (C=O) groups excluding carboxylic acids is 1. The van der Waals surface area contributed by atoms with E-state index in [0.717, 1.165) is 36.6 Å². The van der Waals surface area contributed by atoms with Crippen LogP contribution in [0.2, 0.25) is 0 Å². The maximum atomic E-state index is 11.7. The summed E-state index contributed by atoms with van der Waals surface area (Å²) >= 11 is 1.68. The van der Waals surface area contributed by atoms with Crippen LogP contribution >= 0.6 is 11.3 Å². The maximum Gasteiger partial charge on any atom is 0.222 e. The second-order valence-electron chi connectivity index (χ2n) is 4.74. The van der Waals surface area contributed by atoms with E-state index >= 15 is 0 Å². The Morgan fingerprint density at radius 2 is 2.58 bits per heavy atom. The molecule has 0 unspecified atom stereocenters. The molecule has 1 aromatic heterocycles. The largest absolute Gasteiger partial charge is 0.375 e. The summed E-state index contributed by atoms with van der Waals surface area (Å²) in [6.07, 6.45) is 2.34. The number of morpholine rings is 1. The number of nitrogens with zero attached hydrogens (tertiary/aromatic N) is 1. The Kier molecular flexibility index (Phi) is 5.75. The van der Waals surface area contributed by atoms with E-state index in [0.29, 0.717) is 19.6 Å². The van der Waals surface area contributed by atoms with E-state index in [1.807, 2.05) is 6.92 Å². The number of thiazole rings is 1. The lowest BCUT2D eigenvalue weighted by atomic mass is 10.2. The van der Waals surface area contributed by atoms with E-state index in [4.69, 9.17) is 4.74 Å². The molecule has 0 saturated carbocycles. The predicted molar refractivity (Wildman–Crippen MR) is 75.4 cm³/mol. The summed E-state index contributed by atoms with van der Waals surface area (Å²) in [6, 6.07) is 0. The van der Waals surface area contributed by atoms with Crippen molar-refractivity contribution in [1.29, 1.82) is 0 Å². The highest BCUT2D eigenvalue weighted by atomic mass is 32.1. The van der Waals surface area contributed by atoms with Crippen molar-refractivity contribution in [2.75, 3.05) is 26.2 Å². The van der Waals surface area contributed by atoms with Crippen LogP contribution in [-0.4, -0.2) is 43.2 Å². The van der Waals surface area contributed by atoms with E-state index in [9.17, 15) is 4.79 Å².